The number of hydrogen-bond acceptors (Lipinski definition) is 4. The third-order valence-corrected chi connectivity index (χ3v) is 5.87. The van der Waals surface area contributed by atoms with Crippen LogP contribution in [0, 0.1) is 0 Å². The molecule has 0 aromatic heterocycles. The van der Waals surface area contributed by atoms with Gasteiger partial charge >= 0.3 is 0 Å². The van der Waals surface area contributed by atoms with Crippen molar-refractivity contribution >= 4 is 11.6 Å². The number of carbonyl (C=O) groups excluding carboxylic acids is 1. The first-order valence-corrected chi connectivity index (χ1v) is 10.7. The van der Waals surface area contributed by atoms with Crippen LogP contribution in [-0.2, 0) is 21.6 Å². The van der Waals surface area contributed by atoms with Gasteiger partial charge in [0, 0.05) is 30.7 Å². The van der Waals surface area contributed by atoms with Crippen LogP contribution in [0.3, 0.4) is 0 Å². The van der Waals surface area contributed by atoms with Crippen LogP contribution in [0.1, 0.15) is 37.8 Å². The van der Waals surface area contributed by atoms with Crippen molar-refractivity contribution < 1.29 is 9.53 Å². The predicted molar refractivity (Wildman–Crippen MR) is 118 cm³/mol. The fraction of sp³-hybridized carbons (Fsp3) is 0.458. The minimum absolute atomic E-state index is 0.00264. The average molecular weight is 396 g/mol. The van der Waals surface area contributed by atoms with Crippen LogP contribution >= 0.6 is 0 Å². The van der Waals surface area contributed by atoms with Gasteiger partial charge in [0.1, 0.15) is 6.04 Å². The second-order valence-electron chi connectivity index (χ2n) is 7.61. The summed E-state index contributed by atoms with van der Waals surface area (Å²) < 4.78 is 5.65. The lowest BCUT2D eigenvalue weighted by Crippen LogP contribution is -2.52. The van der Waals surface area contributed by atoms with E-state index >= 15 is 0 Å². The second-order valence-corrected chi connectivity index (χ2v) is 7.61. The van der Waals surface area contributed by atoms with Crippen molar-refractivity contribution in [3.63, 3.8) is 0 Å². The van der Waals surface area contributed by atoms with Gasteiger partial charge in [0.15, 0.2) is 0 Å². The number of rotatable bonds is 5. The Kier molecular flexibility index (Phi) is 7.29. The van der Waals surface area contributed by atoms with E-state index < -0.39 is 6.04 Å². The monoisotopic (exact) mass is 395 g/mol. The summed E-state index contributed by atoms with van der Waals surface area (Å²) in [6, 6.07) is 17.9. The highest BCUT2D eigenvalue weighted by Gasteiger charge is 2.42. The highest BCUT2D eigenvalue weighted by Crippen LogP contribution is 2.43. The van der Waals surface area contributed by atoms with Crippen molar-refractivity contribution in [1.29, 1.82) is 0 Å². The molecule has 1 amide bonds. The summed E-state index contributed by atoms with van der Waals surface area (Å²) in [6.07, 6.45) is 1.95. The first kappa shape index (κ1) is 21.3. The van der Waals surface area contributed by atoms with Gasteiger partial charge in [-0.15, -0.1) is 0 Å². The lowest BCUT2D eigenvalue weighted by atomic mass is 9.74. The van der Waals surface area contributed by atoms with Gasteiger partial charge in [0.25, 0.3) is 0 Å². The molecule has 2 aliphatic heterocycles. The number of nitrogens with one attached hydrogen (secondary N) is 1. The molecule has 1 saturated heterocycles. The average Bonchev–Trinajstić information content (AvgIpc) is 3.14. The summed E-state index contributed by atoms with van der Waals surface area (Å²) >= 11 is 0. The van der Waals surface area contributed by atoms with Gasteiger partial charge in [0.2, 0.25) is 5.91 Å². The topological polar surface area (TPSA) is 67.6 Å². The summed E-state index contributed by atoms with van der Waals surface area (Å²) in [6.45, 7) is 7.19. The summed E-state index contributed by atoms with van der Waals surface area (Å²) in [4.78, 5) is 14.6. The molecule has 0 aliphatic carbocycles. The van der Waals surface area contributed by atoms with Gasteiger partial charge in [-0.05, 0) is 30.0 Å². The van der Waals surface area contributed by atoms with Crippen molar-refractivity contribution in [2.45, 2.75) is 44.8 Å². The Morgan fingerprint density at radius 2 is 1.76 bits per heavy atom. The highest BCUT2D eigenvalue weighted by atomic mass is 16.5. The molecule has 2 aromatic carbocycles. The van der Waals surface area contributed by atoms with Crippen molar-refractivity contribution in [2.24, 2.45) is 5.73 Å². The van der Waals surface area contributed by atoms with Crippen LogP contribution in [-0.4, -0.2) is 43.1 Å². The standard InChI is InChI=1S/C22H27N3O2.C2H6/c23-19(15-27-14-17-6-2-1-3-7-17)21(26)25-12-10-22(11-13-25)16-24-20-9-5-4-8-18(20)22;1-2/h1-9,19,24H,10-16,23H2;1-2H3. The molecule has 2 aromatic rings. The minimum atomic E-state index is -0.600. The lowest BCUT2D eigenvalue weighted by Gasteiger charge is -2.40. The zero-order valence-electron chi connectivity index (χ0n) is 17.6. The molecular formula is C24H33N3O2. The Bertz CT molecular complexity index is 786. The van der Waals surface area contributed by atoms with Crippen LogP contribution < -0.4 is 11.1 Å². The van der Waals surface area contributed by atoms with Gasteiger partial charge in [-0.3, -0.25) is 4.79 Å². The number of anilines is 1. The third kappa shape index (κ3) is 4.80. The molecule has 0 bridgehead atoms. The summed E-state index contributed by atoms with van der Waals surface area (Å²) in [5.41, 5.74) is 9.98. The Morgan fingerprint density at radius 3 is 2.48 bits per heavy atom. The second kappa shape index (κ2) is 9.90. The minimum Gasteiger partial charge on any atom is -0.384 e. The number of piperidine rings is 1. The molecule has 5 nitrogen and oxygen atoms in total. The van der Waals surface area contributed by atoms with Crippen LogP contribution in [0.5, 0.6) is 0 Å². The maximum Gasteiger partial charge on any atom is 0.241 e. The van der Waals surface area contributed by atoms with Crippen LogP contribution in [0.25, 0.3) is 0 Å². The van der Waals surface area contributed by atoms with Crippen LogP contribution in [0.2, 0.25) is 0 Å². The van der Waals surface area contributed by atoms with E-state index in [1.54, 1.807) is 0 Å². The molecule has 2 aliphatic rings. The molecule has 1 unspecified atom stereocenters. The molecule has 0 saturated carbocycles. The van der Waals surface area contributed by atoms with E-state index in [0.717, 1.165) is 38.0 Å². The van der Waals surface area contributed by atoms with Crippen molar-refractivity contribution in [3.05, 3.63) is 65.7 Å². The zero-order chi connectivity index (χ0) is 20.7. The number of hydrogen-bond donors (Lipinski definition) is 2. The molecule has 0 radical (unpaired) electrons. The van der Waals surface area contributed by atoms with E-state index in [2.05, 4.69) is 29.6 Å². The fourth-order valence-electron chi connectivity index (χ4n) is 4.24. The van der Waals surface area contributed by atoms with Gasteiger partial charge in [-0.1, -0.05) is 62.4 Å². The number of para-hydroxylation sites is 1. The maximum absolute atomic E-state index is 12.7. The summed E-state index contributed by atoms with van der Waals surface area (Å²) in [7, 11) is 0. The largest absolute Gasteiger partial charge is 0.384 e. The molecule has 3 N–H and O–H groups in total. The van der Waals surface area contributed by atoms with Gasteiger partial charge in [-0.25, -0.2) is 0 Å². The lowest BCUT2D eigenvalue weighted by molar-refractivity contribution is -0.135. The van der Waals surface area contributed by atoms with Crippen LogP contribution in [0.15, 0.2) is 54.6 Å². The molecule has 2 heterocycles. The molecule has 1 spiro atoms. The third-order valence-electron chi connectivity index (χ3n) is 5.87. The van der Waals surface area contributed by atoms with E-state index in [1.807, 2.05) is 49.1 Å². The number of nitrogens with two attached hydrogens (primary N) is 1. The number of nitrogens with zero attached hydrogens (tertiary/aromatic N) is 1. The number of ether oxygens (including phenoxy) is 1. The van der Waals surface area contributed by atoms with E-state index in [1.165, 1.54) is 11.3 Å². The van der Waals surface area contributed by atoms with Gasteiger partial charge < -0.3 is 20.7 Å². The van der Waals surface area contributed by atoms with Gasteiger partial charge in [0.05, 0.1) is 13.2 Å². The molecule has 1 fully saturated rings. The number of amides is 1. The smallest absolute Gasteiger partial charge is 0.241 e. The fourth-order valence-corrected chi connectivity index (χ4v) is 4.24. The normalized spacial score (nSPS) is 17.7. The van der Waals surface area contributed by atoms with E-state index in [-0.39, 0.29) is 17.9 Å². The quantitative estimate of drug-likeness (QED) is 0.813. The number of carbonyl (C=O) groups is 1. The van der Waals surface area contributed by atoms with Gasteiger partial charge in [-0.2, -0.15) is 0 Å². The molecule has 156 valence electrons. The Labute approximate surface area is 174 Å². The number of fused-ring (bicyclic) bond motifs is 2. The first-order chi connectivity index (χ1) is 14.2. The Morgan fingerprint density at radius 1 is 1.10 bits per heavy atom. The van der Waals surface area contributed by atoms with E-state index in [0.29, 0.717) is 6.61 Å². The van der Waals surface area contributed by atoms with E-state index in [9.17, 15) is 4.79 Å². The molecule has 5 heteroatoms. The van der Waals surface area contributed by atoms with Crippen LogP contribution in [0.4, 0.5) is 5.69 Å². The highest BCUT2D eigenvalue weighted by molar-refractivity contribution is 5.82. The molecule has 29 heavy (non-hydrogen) atoms. The number of likely N-dealkylation sites (tertiary alicyclic amines) is 1. The Balaban J connectivity index is 0.00000117. The maximum atomic E-state index is 12.7. The van der Waals surface area contributed by atoms with Crippen molar-refractivity contribution in [1.82, 2.24) is 4.90 Å². The summed E-state index contributed by atoms with van der Waals surface area (Å²) in [5, 5.41) is 3.52. The predicted octanol–water partition coefficient (Wildman–Crippen LogP) is 3.54. The van der Waals surface area contributed by atoms with E-state index in [4.69, 9.17) is 10.5 Å². The molecular weight excluding hydrogens is 362 g/mol. The summed E-state index contributed by atoms with van der Waals surface area (Å²) in [5.74, 6) is -0.00264. The SMILES string of the molecule is CC.NC(COCc1ccccc1)C(=O)N1CCC2(CC1)CNc1ccccc12. The van der Waals surface area contributed by atoms with Crippen molar-refractivity contribution in [3.8, 4) is 0 Å². The zero-order valence-corrected chi connectivity index (χ0v) is 17.6. The molecule has 1 atom stereocenters. The number of benzene rings is 2. The van der Waals surface area contributed by atoms with Crippen molar-refractivity contribution in [2.75, 3.05) is 31.6 Å². The molecule has 4 rings (SSSR count). The Hall–Kier alpha value is -2.37. The first-order valence-electron chi connectivity index (χ1n) is 10.7.